The molecule has 1 fully saturated rings. The predicted octanol–water partition coefficient (Wildman–Crippen LogP) is 3.01. The fourth-order valence-corrected chi connectivity index (χ4v) is 3.00. The van der Waals surface area contributed by atoms with Gasteiger partial charge < -0.3 is 15.2 Å². The lowest BCUT2D eigenvalue weighted by atomic mass is 10.1. The highest BCUT2D eigenvalue weighted by Gasteiger charge is 2.28. The Morgan fingerprint density at radius 1 is 1.04 bits per heavy atom. The highest BCUT2D eigenvalue weighted by Crippen LogP contribution is 2.34. The molecule has 0 atom stereocenters. The maximum absolute atomic E-state index is 12.8. The van der Waals surface area contributed by atoms with Crippen molar-refractivity contribution < 1.29 is 9.59 Å². The fraction of sp³-hybridized carbons (Fsp3) is 0.316. The van der Waals surface area contributed by atoms with Crippen molar-refractivity contribution in [2.75, 3.05) is 10.6 Å². The highest BCUT2D eigenvalue weighted by molar-refractivity contribution is 6.05. The molecule has 1 aliphatic rings. The Kier molecular flexibility index (Phi) is 4.44. The molecule has 0 radical (unpaired) electrons. The molecular weight excluding hydrogens is 318 g/mol. The van der Waals surface area contributed by atoms with Gasteiger partial charge in [0.15, 0.2) is 0 Å². The van der Waals surface area contributed by atoms with Gasteiger partial charge in [-0.3, -0.25) is 14.4 Å². The quantitative estimate of drug-likeness (QED) is 0.898. The van der Waals surface area contributed by atoms with E-state index in [0.717, 1.165) is 18.5 Å². The van der Waals surface area contributed by atoms with Gasteiger partial charge in [-0.15, -0.1) is 0 Å². The molecule has 0 aliphatic heterocycles. The van der Waals surface area contributed by atoms with Crippen molar-refractivity contribution in [1.82, 2.24) is 4.57 Å². The first-order valence-corrected chi connectivity index (χ1v) is 8.28. The number of carbonyl (C=O) groups is 2. The van der Waals surface area contributed by atoms with Crippen LogP contribution in [-0.2, 0) is 4.79 Å². The molecule has 2 aromatic rings. The first-order chi connectivity index (χ1) is 11.9. The van der Waals surface area contributed by atoms with Gasteiger partial charge in [-0.25, -0.2) is 0 Å². The Morgan fingerprint density at radius 3 is 2.12 bits per heavy atom. The van der Waals surface area contributed by atoms with E-state index in [0.29, 0.717) is 16.9 Å². The van der Waals surface area contributed by atoms with Crippen LogP contribution in [0.1, 0.15) is 47.4 Å². The molecule has 0 bridgehead atoms. The number of benzene rings is 1. The molecular formula is C19H21N3O3. The Labute approximate surface area is 145 Å². The average molecular weight is 339 g/mol. The van der Waals surface area contributed by atoms with Crippen LogP contribution in [0.3, 0.4) is 0 Å². The van der Waals surface area contributed by atoms with Gasteiger partial charge in [-0.2, -0.15) is 0 Å². The molecule has 2 amide bonds. The summed E-state index contributed by atoms with van der Waals surface area (Å²) in [6.07, 6.45) is 1.96. The Bertz CT molecular complexity index is 893. The maximum atomic E-state index is 12.8. The molecule has 3 rings (SSSR count). The van der Waals surface area contributed by atoms with E-state index in [2.05, 4.69) is 10.6 Å². The topological polar surface area (TPSA) is 80.2 Å². The van der Waals surface area contributed by atoms with Crippen LogP contribution in [0.4, 0.5) is 11.4 Å². The maximum Gasteiger partial charge on any atom is 0.264 e. The van der Waals surface area contributed by atoms with Crippen molar-refractivity contribution in [2.45, 2.75) is 39.7 Å². The van der Waals surface area contributed by atoms with Gasteiger partial charge in [0.1, 0.15) is 5.56 Å². The highest BCUT2D eigenvalue weighted by atomic mass is 16.2. The number of rotatable bonds is 4. The lowest BCUT2D eigenvalue weighted by molar-refractivity contribution is -0.114. The zero-order valence-electron chi connectivity index (χ0n) is 14.6. The standard InChI is InChI=1S/C19H21N3O3/c1-11-10-12(2)22(16-8-9-16)19(25)17(11)18(24)21-15-6-4-14(5-7-15)20-13(3)23/h4-7,10,16H,8-9H2,1-3H3,(H,20,23)(H,21,24). The summed E-state index contributed by atoms with van der Waals surface area (Å²) in [7, 11) is 0. The number of amides is 2. The predicted molar refractivity (Wildman–Crippen MR) is 97.1 cm³/mol. The Balaban J connectivity index is 1.85. The zero-order valence-corrected chi connectivity index (χ0v) is 14.6. The Hall–Kier alpha value is -2.89. The fourth-order valence-electron chi connectivity index (χ4n) is 3.00. The van der Waals surface area contributed by atoms with E-state index in [1.165, 1.54) is 6.92 Å². The molecule has 130 valence electrons. The van der Waals surface area contributed by atoms with Crippen LogP contribution in [0, 0.1) is 13.8 Å². The van der Waals surface area contributed by atoms with Gasteiger partial charge in [0, 0.05) is 30.0 Å². The van der Waals surface area contributed by atoms with Crippen molar-refractivity contribution in [1.29, 1.82) is 0 Å². The van der Waals surface area contributed by atoms with Gasteiger partial charge >= 0.3 is 0 Å². The van der Waals surface area contributed by atoms with Gasteiger partial charge in [0.25, 0.3) is 11.5 Å². The molecule has 1 aliphatic carbocycles. The third-order valence-electron chi connectivity index (χ3n) is 4.23. The summed E-state index contributed by atoms with van der Waals surface area (Å²) >= 11 is 0. The lowest BCUT2D eigenvalue weighted by Gasteiger charge is -2.14. The van der Waals surface area contributed by atoms with Crippen LogP contribution in [0.25, 0.3) is 0 Å². The first kappa shape index (κ1) is 17.0. The van der Waals surface area contributed by atoms with Gasteiger partial charge in [-0.05, 0) is 62.6 Å². The van der Waals surface area contributed by atoms with Crippen LogP contribution >= 0.6 is 0 Å². The van der Waals surface area contributed by atoms with Crippen molar-refractivity contribution in [3.63, 3.8) is 0 Å². The number of aromatic nitrogens is 1. The molecule has 1 aromatic carbocycles. The number of nitrogens with one attached hydrogen (secondary N) is 2. The molecule has 6 heteroatoms. The molecule has 0 saturated heterocycles. The molecule has 6 nitrogen and oxygen atoms in total. The average Bonchev–Trinajstić information content (AvgIpc) is 3.33. The Morgan fingerprint density at radius 2 is 1.60 bits per heavy atom. The monoisotopic (exact) mass is 339 g/mol. The molecule has 0 spiro atoms. The van der Waals surface area contributed by atoms with Gasteiger partial charge in [-0.1, -0.05) is 0 Å². The van der Waals surface area contributed by atoms with Gasteiger partial charge in [0.2, 0.25) is 5.91 Å². The SMILES string of the molecule is CC(=O)Nc1ccc(NC(=O)c2c(C)cc(C)n(C3CC3)c2=O)cc1. The second kappa shape index (κ2) is 6.55. The minimum atomic E-state index is -0.413. The normalized spacial score (nSPS) is 13.4. The van der Waals surface area contributed by atoms with Crippen LogP contribution < -0.4 is 16.2 Å². The van der Waals surface area contributed by atoms with E-state index in [9.17, 15) is 14.4 Å². The van der Waals surface area contributed by atoms with Crippen molar-refractivity contribution in [2.24, 2.45) is 0 Å². The van der Waals surface area contributed by atoms with E-state index in [1.807, 2.05) is 13.0 Å². The van der Waals surface area contributed by atoms with E-state index >= 15 is 0 Å². The smallest absolute Gasteiger partial charge is 0.264 e. The van der Waals surface area contributed by atoms with Crippen molar-refractivity contribution in [3.8, 4) is 0 Å². The van der Waals surface area contributed by atoms with Crippen LogP contribution in [0.5, 0.6) is 0 Å². The van der Waals surface area contributed by atoms with E-state index < -0.39 is 5.91 Å². The van der Waals surface area contributed by atoms with Crippen molar-refractivity contribution >= 4 is 23.2 Å². The molecule has 2 N–H and O–H groups in total. The summed E-state index contributed by atoms with van der Waals surface area (Å²) in [5.74, 6) is -0.572. The second-order valence-corrected chi connectivity index (χ2v) is 6.46. The number of hydrogen-bond acceptors (Lipinski definition) is 3. The summed E-state index contributed by atoms with van der Waals surface area (Å²) < 4.78 is 1.72. The number of hydrogen-bond donors (Lipinski definition) is 2. The molecule has 1 aromatic heterocycles. The third-order valence-corrected chi connectivity index (χ3v) is 4.23. The van der Waals surface area contributed by atoms with Crippen LogP contribution in [0.15, 0.2) is 35.1 Å². The number of anilines is 2. The first-order valence-electron chi connectivity index (χ1n) is 8.28. The minimum absolute atomic E-state index is 0.160. The second-order valence-electron chi connectivity index (χ2n) is 6.46. The zero-order chi connectivity index (χ0) is 18.1. The number of nitrogens with zero attached hydrogens (tertiary/aromatic N) is 1. The van der Waals surface area contributed by atoms with Crippen LogP contribution in [0.2, 0.25) is 0 Å². The van der Waals surface area contributed by atoms with E-state index in [4.69, 9.17) is 0 Å². The number of pyridine rings is 1. The summed E-state index contributed by atoms with van der Waals surface area (Å²) in [4.78, 5) is 36.4. The van der Waals surface area contributed by atoms with Crippen molar-refractivity contribution in [3.05, 3.63) is 57.5 Å². The molecule has 1 heterocycles. The number of carbonyl (C=O) groups excluding carboxylic acids is 2. The summed E-state index contributed by atoms with van der Waals surface area (Å²) in [6, 6.07) is 8.87. The third kappa shape index (κ3) is 3.63. The number of aryl methyl sites for hydroxylation is 2. The molecule has 1 saturated carbocycles. The van der Waals surface area contributed by atoms with E-state index in [1.54, 1.807) is 35.8 Å². The summed E-state index contributed by atoms with van der Waals surface area (Å²) in [5.41, 5.74) is 2.73. The van der Waals surface area contributed by atoms with E-state index in [-0.39, 0.29) is 23.1 Å². The summed E-state index contributed by atoms with van der Waals surface area (Å²) in [6.45, 7) is 5.11. The van der Waals surface area contributed by atoms with Gasteiger partial charge in [0.05, 0.1) is 0 Å². The molecule has 0 unspecified atom stereocenters. The molecule has 25 heavy (non-hydrogen) atoms. The largest absolute Gasteiger partial charge is 0.326 e. The lowest BCUT2D eigenvalue weighted by Crippen LogP contribution is -2.31. The summed E-state index contributed by atoms with van der Waals surface area (Å²) in [5, 5.41) is 5.42. The minimum Gasteiger partial charge on any atom is -0.326 e. The van der Waals surface area contributed by atoms with Crippen LogP contribution in [-0.4, -0.2) is 16.4 Å².